The molecule has 2 aromatic carbocycles. The number of nitrogens with one attached hydrogen (secondary N) is 1. The molecule has 0 saturated heterocycles. The number of rotatable bonds is 6. The SMILES string of the molecule is CC(Oc1ccc(Cl)cc1Br)C(=O)Nc1ccc(Cn2cccn2)cc1. The van der Waals surface area contributed by atoms with Crippen molar-refractivity contribution in [1.82, 2.24) is 9.78 Å². The molecule has 1 heterocycles. The predicted octanol–water partition coefficient (Wildman–Crippen LogP) is 4.75. The van der Waals surface area contributed by atoms with Crippen LogP contribution in [0.2, 0.25) is 5.02 Å². The van der Waals surface area contributed by atoms with Gasteiger partial charge in [0.05, 0.1) is 11.0 Å². The molecule has 0 fully saturated rings. The Morgan fingerprint density at radius 2 is 2.08 bits per heavy atom. The zero-order chi connectivity index (χ0) is 18.5. The van der Waals surface area contributed by atoms with Gasteiger partial charge in [0.15, 0.2) is 6.10 Å². The van der Waals surface area contributed by atoms with Crippen molar-refractivity contribution in [3.05, 3.63) is 76.0 Å². The average Bonchev–Trinajstić information content (AvgIpc) is 3.12. The molecular formula is C19H17BrClN3O2. The molecule has 1 N–H and O–H groups in total. The van der Waals surface area contributed by atoms with E-state index in [1.54, 1.807) is 31.3 Å². The van der Waals surface area contributed by atoms with Crippen LogP contribution in [0.1, 0.15) is 12.5 Å². The van der Waals surface area contributed by atoms with E-state index in [-0.39, 0.29) is 5.91 Å². The Balaban J connectivity index is 1.58. The third kappa shape index (κ3) is 4.86. The van der Waals surface area contributed by atoms with Gasteiger partial charge in [-0.25, -0.2) is 0 Å². The van der Waals surface area contributed by atoms with E-state index in [1.807, 2.05) is 41.2 Å². The summed E-state index contributed by atoms with van der Waals surface area (Å²) in [4.78, 5) is 12.3. The number of ether oxygens (including phenoxy) is 1. The topological polar surface area (TPSA) is 56.1 Å². The molecule has 0 saturated carbocycles. The van der Waals surface area contributed by atoms with Gasteiger partial charge >= 0.3 is 0 Å². The molecule has 0 radical (unpaired) electrons. The summed E-state index contributed by atoms with van der Waals surface area (Å²) in [6.07, 6.45) is 3.00. The summed E-state index contributed by atoms with van der Waals surface area (Å²) in [5.41, 5.74) is 1.81. The Morgan fingerprint density at radius 1 is 1.31 bits per heavy atom. The zero-order valence-corrected chi connectivity index (χ0v) is 16.4. The summed E-state index contributed by atoms with van der Waals surface area (Å²) < 4.78 is 8.24. The highest BCUT2D eigenvalue weighted by Crippen LogP contribution is 2.28. The van der Waals surface area contributed by atoms with Gasteiger partial charge in [0.1, 0.15) is 5.75 Å². The van der Waals surface area contributed by atoms with Crippen LogP contribution >= 0.6 is 27.5 Å². The molecule has 1 aromatic heterocycles. The number of benzene rings is 2. The Kier molecular flexibility index (Phi) is 5.96. The number of aromatic nitrogens is 2. The maximum Gasteiger partial charge on any atom is 0.265 e. The highest BCUT2D eigenvalue weighted by Gasteiger charge is 2.16. The lowest BCUT2D eigenvalue weighted by Gasteiger charge is -2.16. The molecule has 26 heavy (non-hydrogen) atoms. The maximum atomic E-state index is 12.3. The van der Waals surface area contributed by atoms with E-state index in [2.05, 4.69) is 26.3 Å². The van der Waals surface area contributed by atoms with E-state index in [1.165, 1.54) is 0 Å². The van der Waals surface area contributed by atoms with Crippen LogP contribution in [-0.2, 0) is 11.3 Å². The van der Waals surface area contributed by atoms with E-state index < -0.39 is 6.10 Å². The minimum atomic E-state index is -0.656. The smallest absolute Gasteiger partial charge is 0.265 e. The summed E-state index contributed by atoms with van der Waals surface area (Å²) >= 11 is 9.29. The molecule has 134 valence electrons. The van der Waals surface area contributed by atoms with Crippen LogP contribution in [0.25, 0.3) is 0 Å². The van der Waals surface area contributed by atoms with Crippen LogP contribution in [0.3, 0.4) is 0 Å². The highest BCUT2D eigenvalue weighted by molar-refractivity contribution is 9.10. The molecule has 7 heteroatoms. The van der Waals surface area contributed by atoms with Crippen LogP contribution in [0, 0.1) is 0 Å². The number of anilines is 1. The maximum absolute atomic E-state index is 12.3. The Morgan fingerprint density at radius 3 is 2.73 bits per heavy atom. The Labute approximate surface area is 165 Å². The van der Waals surface area contributed by atoms with Crippen LogP contribution < -0.4 is 10.1 Å². The summed E-state index contributed by atoms with van der Waals surface area (Å²) in [6.45, 7) is 2.38. The fourth-order valence-electron chi connectivity index (χ4n) is 2.33. The van der Waals surface area contributed by atoms with Crippen LogP contribution in [-0.4, -0.2) is 21.8 Å². The monoisotopic (exact) mass is 433 g/mol. The van der Waals surface area contributed by atoms with Crippen molar-refractivity contribution < 1.29 is 9.53 Å². The lowest BCUT2D eigenvalue weighted by Crippen LogP contribution is -2.30. The fourth-order valence-corrected chi connectivity index (χ4v) is 3.11. The van der Waals surface area contributed by atoms with Gasteiger partial charge in [0, 0.05) is 23.1 Å². The van der Waals surface area contributed by atoms with E-state index in [0.717, 1.165) is 5.56 Å². The van der Waals surface area contributed by atoms with Crippen molar-refractivity contribution in [2.24, 2.45) is 0 Å². The van der Waals surface area contributed by atoms with Crippen LogP contribution in [0.5, 0.6) is 5.75 Å². The first-order valence-corrected chi connectivity index (χ1v) is 9.17. The largest absolute Gasteiger partial charge is 0.480 e. The first-order valence-electron chi connectivity index (χ1n) is 8.00. The van der Waals surface area contributed by atoms with Crippen molar-refractivity contribution in [2.75, 3.05) is 5.32 Å². The van der Waals surface area contributed by atoms with E-state index in [4.69, 9.17) is 16.3 Å². The minimum Gasteiger partial charge on any atom is -0.480 e. The summed E-state index contributed by atoms with van der Waals surface area (Å²) in [7, 11) is 0. The highest BCUT2D eigenvalue weighted by atomic mass is 79.9. The quantitative estimate of drug-likeness (QED) is 0.609. The molecule has 5 nitrogen and oxygen atoms in total. The predicted molar refractivity (Wildman–Crippen MR) is 106 cm³/mol. The Hall–Kier alpha value is -2.31. The van der Waals surface area contributed by atoms with Crippen molar-refractivity contribution in [2.45, 2.75) is 19.6 Å². The number of amides is 1. The molecular weight excluding hydrogens is 418 g/mol. The van der Waals surface area contributed by atoms with Crippen LogP contribution in [0.15, 0.2) is 65.4 Å². The summed E-state index contributed by atoms with van der Waals surface area (Å²) in [5, 5.41) is 7.62. The number of hydrogen-bond donors (Lipinski definition) is 1. The van der Waals surface area contributed by atoms with E-state index >= 15 is 0 Å². The molecule has 0 aliphatic heterocycles. The first kappa shape index (κ1) is 18.5. The van der Waals surface area contributed by atoms with E-state index in [0.29, 0.717) is 27.5 Å². The van der Waals surface area contributed by atoms with Crippen molar-refractivity contribution in [1.29, 1.82) is 0 Å². The lowest BCUT2D eigenvalue weighted by atomic mass is 10.2. The van der Waals surface area contributed by atoms with Gasteiger partial charge in [-0.15, -0.1) is 0 Å². The third-order valence-corrected chi connectivity index (χ3v) is 4.55. The van der Waals surface area contributed by atoms with Crippen molar-refractivity contribution >= 4 is 39.1 Å². The number of halogens is 2. The molecule has 1 amide bonds. The molecule has 3 aromatic rings. The molecule has 3 rings (SSSR count). The molecule has 1 unspecified atom stereocenters. The molecule has 1 atom stereocenters. The van der Waals surface area contributed by atoms with Crippen molar-refractivity contribution in [3.63, 3.8) is 0 Å². The fraction of sp³-hybridized carbons (Fsp3) is 0.158. The summed E-state index contributed by atoms with van der Waals surface area (Å²) in [5.74, 6) is 0.332. The molecule has 0 aliphatic carbocycles. The summed E-state index contributed by atoms with van der Waals surface area (Å²) in [6, 6.07) is 14.7. The first-order chi connectivity index (χ1) is 12.5. The second kappa shape index (κ2) is 8.38. The van der Waals surface area contributed by atoms with Gasteiger partial charge in [-0.2, -0.15) is 5.10 Å². The minimum absolute atomic E-state index is 0.230. The van der Waals surface area contributed by atoms with E-state index in [9.17, 15) is 4.79 Å². The standard InChI is InChI=1S/C19H17BrClN3O2/c1-13(26-18-8-5-15(21)11-17(18)20)19(25)23-16-6-3-14(4-7-16)12-24-10-2-9-22-24/h2-11,13H,12H2,1H3,(H,23,25). The van der Waals surface area contributed by atoms with Gasteiger partial charge in [0.25, 0.3) is 5.91 Å². The molecule has 0 aliphatic rings. The van der Waals surface area contributed by atoms with Gasteiger partial charge in [-0.05, 0) is 64.8 Å². The second-order valence-corrected chi connectivity index (χ2v) is 7.02. The number of carbonyl (C=O) groups is 1. The van der Waals surface area contributed by atoms with Gasteiger partial charge < -0.3 is 10.1 Å². The van der Waals surface area contributed by atoms with Gasteiger partial charge in [0.2, 0.25) is 0 Å². The van der Waals surface area contributed by atoms with Gasteiger partial charge in [-0.3, -0.25) is 9.48 Å². The van der Waals surface area contributed by atoms with Crippen molar-refractivity contribution in [3.8, 4) is 5.75 Å². The lowest BCUT2D eigenvalue weighted by molar-refractivity contribution is -0.122. The zero-order valence-electron chi connectivity index (χ0n) is 14.0. The second-order valence-electron chi connectivity index (χ2n) is 5.72. The third-order valence-electron chi connectivity index (χ3n) is 3.69. The number of hydrogen-bond acceptors (Lipinski definition) is 3. The van der Waals surface area contributed by atoms with Gasteiger partial charge in [-0.1, -0.05) is 23.7 Å². The number of carbonyl (C=O) groups excluding carboxylic acids is 1. The van der Waals surface area contributed by atoms with Crippen LogP contribution in [0.4, 0.5) is 5.69 Å². The normalized spacial score (nSPS) is 11.8. The molecule has 0 spiro atoms. The number of nitrogens with zero attached hydrogens (tertiary/aromatic N) is 2. The average molecular weight is 435 g/mol. The molecule has 0 bridgehead atoms. The Bertz CT molecular complexity index is 882.